The van der Waals surface area contributed by atoms with Crippen LogP contribution in [-0.2, 0) is 14.3 Å². The maximum atomic E-state index is 13.3. The highest BCUT2D eigenvalue weighted by Gasteiger charge is 2.13. The van der Waals surface area contributed by atoms with Crippen molar-refractivity contribution in [2.75, 3.05) is 6.61 Å². The number of hydrogen-bond donors (Lipinski definition) is 0. The Morgan fingerprint density at radius 1 is 1.20 bits per heavy atom. The molecule has 0 aliphatic carbocycles. The predicted molar refractivity (Wildman–Crippen MR) is 66.2 cm³/mol. The summed E-state index contributed by atoms with van der Waals surface area (Å²) < 4.78 is 30.7. The highest BCUT2D eigenvalue weighted by atomic mass is 19.1. The summed E-state index contributed by atoms with van der Waals surface area (Å²) in [5.74, 6) is -3.12. The highest BCUT2D eigenvalue weighted by Crippen LogP contribution is 2.12. The zero-order valence-corrected chi connectivity index (χ0v) is 10.9. The number of hydrogen-bond acceptors (Lipinski definition) is 4. The molecular weight excluding hydrogens is 270 g/mol. The molecule has 20 heavy (non-hydrogen) atoms. The van der Waals surface area contributed by atoms with Gasteiger partial charge in [-0.3, -0.25) is 14.4 Å². The molecule has 1 rings (SSSR count). The van der Waals surface area contributed by atoms with Gasteiger partial charge in [0.1, 0.15) is 23.8 Å². The van der Waals surface area contributed by atoms with Gasteiger partial charge in [0.15, 0.2) is 5.78 Å². The summed E-state index contributed by atoms with van der Waals surface area (Å²) in [4.78, 5) is 33.3. The molecule has 0 fully saturated rings. The fourth-order valence-corrected chi connectivity index (χ4v) is 1.52. The lowest BCUT2D eigenvalue weighted by atomic mass is 10.1. The molecule has 0 amide bonds. The second-order valence-corrected chi connectivity index (χ2v) is 4.25. The number of esters is 1. The molecule has 0 aliphatic rings. The van der Waals surface area contributed by atoms with E-state index in [-0.39, 0.29) is 37.2 Å². The smallest absolute Gasteiger partial charge is 0.313 e. The number of rotatable bonds is 7. The van der Waals surface area contributed by atoms with E-state index < -0.39 is 23.4 Å². The molecule has 1 aromatic rings. The van der Waals surface area contributed by atoms with Crippen LogP contribution in [0.2, 0.25) is 0 Å². The van der Waals surface area contributed by atoms with Crippen molar-refractivity contribution in [2.45, 2.75) is 26.2 Å². The third-order valence-corrected chi connectivity index (χ3v) is 2.44. The third-order valence-electron chi connectivity index (χ3n) is 2.44. The van der Waals surface area contributed by atoms with E-state index in [9.17, 15) is 23.2 Å². The van der Waals surface area contributed by atoms with Gasteiger partial charge in [0, 0.05) is 12.5 Å². The van der Waals surface area contributed by atoms with Crippen LogP contribution < -0.4 is 0 Å². The van der Waals surface area contributed by atoms with Crippen molar-refractivity contribution in [3.05, 3.63) is 35.4 Å². The van der Waals surface area contributed by atoms with Crippen molar-refractivity contribution < 1.29 is 27.9 Å². The Morgan fingerprint density at radius 3 is 2.50 bits per heavy atom. The van der Waals surface area contributed by atoms with Crippen molar-refractivity contribution in [1.29, 1.82) is 0 Å². The number of benzene rings is 1. The third kappa shape index (κ3) is 5.26. The van der Waals surface area contributed by atoms with E-state index in [4.69, 9.17) is 4.74 Å². The van der Waals surface area contributed by atoms with Crippen LogP contribution >= 0.6 is 0 Å². The minimum atomic E-state index is -0.913. The summed E-state index contributed by atoms with van der Waals surface area (Å²) in [5.41, 5.74) is -0.193. The summed E-state index contributed by atoms with van der Waals surface area (Å²) in [6.07, 6.45) is -0.129. The Morgan fingerprint density at radius 2 is 1.90 bits per heavy atom. The topological polar surface area (TPSA) is 60.4 Å². The number of halogens is 2. The van der Waals surface area contributed by atoms with Crippen LogP contribution in [-0.4, -0.2) is 24.1 Å². The average molecular weight is 284 g/mol. The average Bonchev–Trinajstić information content (AvgIpc) is 2.33. The van der Waals surface area contributed by atoms with E-state index in [0.717, 1.165) is 12.1 Å². The quantitative estimate of drug-likeness (QED) is 0.334. The second-order valence-electron chi connectivity index (χ2n) is 4.25. The highest BCUT2D eigenvalue weighted by molar-refractivity contribution is 5.96. The number of carbonyl (C=O) groups excluding carboxylic acids is 3. The van der Waals surface area contributed by atoms with Gasteiger partial charge in [-0.1, -0.05) is 0 Å². The SMILES string of the molecule is CC(=O)CC(=O)OCCCC(=O)c1ccc(F)cc1F. The van der Waals surface area contributed by atoms with Crippen LogP contribution in [0.3, 0.4) is 0 Å². The maximum absolute atomic E-state index is 13.3. The van der Waals surface area contributed by atoms with Gasteiger partial charge in [-0.25, -0.2) is 8.78 Å². The van der Waals surface area contributed by atoms with Crippen LogP contribution in [0.1, 0.15) is 36.5 Å². The Kier molecular flexibility index (Phi) is 5.96. The van der Waals surface area contributed by atoms with E-state index in [1.54, 1.807) is 0 Å². The van der Waals surface area contributed by atoms with Crippen molar-refractivity contribution in [3.63, 3.8) is 0 Å². The molecule has 0 spiro atoms. The number of ketones is 2. The fourth-order valence-electron chi connectivity index (χ4n) is 1.52. The van der Waals surface area contributed by atoms with E-state index >= 15 is 0 Å². The van der Waals surface area contributed by atoms with Crippen LogP contribution in [0.5, 0.6) is 0 Å². The summed E-state index contributed by atoms with van der Waals surface area (Å²) in [5, 5.41) is 0. The Hall–Kier alpha value is -2.11. The molecule has 0 aromatic heterocycles. The van der Waals surface area contributed by atoms with Crippen molar-refractivity contribution in [3.8, 4) is 0 Å². The van der Waals surface area contributed by atoms with Crippen LogP contribution in [0, 0.1) is 11.6 Å². The Balaban J connectivity index is 2.37. The molecule has 1 aromatic carbocycles. The molecule has 0 saturated heterocycles. The maximum Gasteiger partial charge on any atom is 0.313 e. The molecule has 0 aliphatic heterocycles. The first-order chi connectivity index (χ1) is 9.40. The lowest BCUT2D eigenvalue weighted by molar-refractivity contribution is -0.145. The lowest BCUT2D eigenvalue weighted by Gasteiger charge is -2.04. The summed E-state index contributed by atoms with van der Waals surface area (Å²) in [6.45, 7) is 1.24. The Bertz CT molecular complexity index is 526. The number of carbonyl (C=O) groups is 3. The van der Waals surface area contributed by atoms with Gasteiger partial charge < -0.3 is 4.74 Å². The van der Waals surface area contributed by atoms with Crippen molar-refractivity contribution in [1.82, 2.24) is 0 Å². The van der Waals surface area contributed by atoms with Gasteiger partial charge in [-0.05, 0) is 25.5 Å². The molecule has 0 heterocycles. The predicted octanol–water partition coefficient (Wildman–Crippen LogP) is 2.45. The van der Waals surface area contributed by atoms with Gasteiger partial charge in [0.05, 0.1) is 12.2 Å². The molecule has 0 N–H and O–H groups in total. The molecular formula is C14H14F2O4. The molecule has 0 bridgehead atoms. The molecule has 0 unspecified atom stereocenters. The summed E-state index contributed by atoms with van der Waals surface area (Å²) >= 11 is 0. The molecule has 0 saturated carbocycles. The molecule has 0 atom stereocenters. The van der Waals surface area contributed by atoms with Gasteiger partial charge in [0.2, 0.25) is 0 Å². The van der Waals surface area contributed by atoms with Gasteiger partial charge in [-0.2, -0.15) is 0 Å². The first-order valence-electron chi connectivity index (χ1n) is 6.03. The second kappa shape index (κ2) is 7.47. The van der Waals surface area contributed by atoms with Gasteiger partial charge >= 0.3 is 5.97 Å². The normalized spacial score (nSPS) is 10.2. The molecule has 0 radical (unpaired) electrons. The van der Waals surface area contributed by atoms with Crippen molar-refractivity contribution >= 4 is 17.5 Å². The standard InChI is InChI=1S/C14H14F2O4/c1-9(17)7-14(19)20-6-2-3-13(18)11-5-4-10(15)8-12(11)16/h4-5,8H,2-3,6-7H2,1H3. The first kappa shape index (κ1) is 15.9. The minimum absolute atomic E-state index is 0.0271. The summed E-state index contributed by atoms with van der Waals surface area (Å²) in [6, 6.07) is 2.72. The van der Waals surface area contributed by atoms with E-state index in [1.807, 2.05) is 0 Å². The van der Waals surface area contributed by atoms with Crippen LogP contribution in [0.25, 0.3) is 0 Å². The number of Topliss-reactive ketones (excluding diaryl/α,β-unsaturated/α-hetero) is 2. The molecule has 4 nitrogen and oxygen atoms in total. The Labute approximate surface area is 114 Å². The first-order valence-corrected chi connectivity index (χ1v) is 6.03. The van der Waals surface area contributed by atoms with Gasteiger partial charge in [-0.15, -0.1) is 0 Å². The monoisotopic (exact) mass is 284 g/mol. The lowest BCUT2D eigenvalue weighted by Crippen LogP contribution is -2.11. The van der Waals surface area contributed by atoms with Crippen LogP contribution in [0.15, 0.2) is 18.2 Å². The molecule has 108 valence electrons. The van der Waals surface area contributed by atoms with E-state index in [1.165, 1.54) is 6.92 Å². The fraction of sp³-hybridized carbons (Fsp3) is 0.357. The summed E-state index contributed by atoms with van der Waals surface area (Å²) in [7, 11) is 0. The number of ether oxygens (including phenoxy) is 1. The minimum Gasteiger partial charge on any atom is -0.465 e. The van der Waals surface area contributed by atoms with Gasteiger partial charge in [0.25, 0.3) is 0 Å². The van der Waals surface area contributed by atoms with Crippen LogP contribution in [0.4, 0.5) is 8.78 Å². The molecule has 6 heteroatoms. The van der Waals surface area contributed by atoms with E-state index in [0.29, 0.717) is 6.07 Å². The van der Waals surface area contributed by atoms with E-state index in [2.05, 4.69) is 0 Å². The zero-order valence-electron chi connectivity index (χ0n) is 10.9. The van der Waals surface area contributed by atoms with Crippen molar-refractivity contribution in [2.24, 2.45) is 0 Å². The zero-order chi connectivity index (χ0) is 15.1. The largest absolute Gasteiger partial charge is 0.465 e.